The summed E-state index contributed by atoms with van der Waals surface area (Å²) in [5, 5.41) is -0.270. The zero-order valence-electron chi connectivity index (χ0n) is 16.8. The first-order chi connectivity index (χ1) is 14.9. The van der Waals surface area contributed by atoms with E-state index in [2.05, 4.69) is 19.9 Å². The summed E-state index contributed by atoms with van der Waals surface area (Å²) >= 11 is 0. The van der Waals surface area contributed by atoms with E-state index in [9.17, 15) is 13.2 Å². The molecule has 2 aliphatic heterocycles. The van der Waals surface area contributed by atoms with Crippen molar-refractivity contribution in [1.82, 2.24) is 19.9 Å². The third kappa shape index (κ3) is 3.91. The lowest BCUT2D eigenvalue weighted by Gasteiger charge is -2.27. The number of hydrogen-bond donors (Lipinski definition) is 1. The number of rotatable bonds is 4. The zero-order valence-corrected chi connectivity index (χ0v) is 17.6. The van der Waals surface area contributed by atoms with Gasteiger partial charge in [-0.1, -0.05) is 6.07 Å². The number of hydrogen-bond acceptors (Lipinski definition) is 8. The quantitative estimate of drug-likeness (QED) is 0.608. The third-order valence-electron chi connectivity index (χ3n) is 5.38. The maximum atomic E-state index is 12.4. The summed E-state index contributed by atoms with van der Waals surface area (Å²) < 4.78 is 34.2. The van der Waals surface area contributed by atoms with Crippen LogP contribution in [0.5, 0.6) is 11.5 Å². The van der Waals surface area contributed by atoms with Crippen LogP contribution >= 0.6 is 0 Å². The minimum atomic E-state index is -3.55. The summed E-state index contributed by atoms with van der Waals surface area (Å²) in [6, 6.07) is 9.70. The van der Waals surface area contributed by atoms with E-state index in [1.165, 1.54) is 0 Å². The molecular formula is C21H20N4O5S. The van der Waals surface area contributed by atoms with Crippen LogP contribution in [0.2, 0.25) is 0 Å². The zero-order chi connectivity index (χ0) is 21.6. The van der Waals surface area contributed by atoms with Crippen molar-refractivity contribution in [1.29, 1.82) is 0 Å². The van der Waals surface area contributed by atoms with E-state index in [0.717, 1.165) is 28.8 Å². The molecule has 0 spiro atoms. The highest BCUT2D eigenvalue weighted by molar-refractivity contribution is 7.90. The molecule has 160 valence electrons. The fraction of sp³-hybridized carbons (Fsp3) is 0.286. The van der Waals surface area contributed by atoms with Crippen LogP contribution in [-0.2, 0) is 29.3 Å². The van der Waals surface area contributed by atoms with Gasteiger partial charge in [-0.05, 0) is 29.8 Å². The molecule has 31 heavy (non-hydrogen) atoms. The normalized spacial score (nSPS) is 15.6. The molecule has 2 aliphatic rings. The third-order valence-corrected chi connectivity index (χ3v) is 6.27. The van der Waals surface area contributed by atoms with Gasteiger partial charge < -0.3 is 9.47 Å². The molecule has 0 atom stereocenters. The molecule has 0 radical (unpaired) electrons. The van der Waals surface area contributed by atoms with Crippen molar-refractivity contribution in [3.63, 3.8) is 0 Å². The van der Waals surface area contributed by atoms with E-state index in [-0.39, 0.29) is 11.9 Å². The van der Waals surface area contributed by atoms with E-state index in [4.69, 9.17) is 9.47 Å². The Morgan fingerprint density at radius 2 is 2.00 bits per heavy atom. The largest absolute Gasteiger partial charge is 0.454 e. The van der Waals surface area contributed by atoms with E-state index < -0.39 is 15.4 Å². The Labute approximate surface area is 178 Å². The van der Waals surface area contributed by atoms with Crippen LogP contribution in [0.25, 0.3) is 11.3 Å². The highest BCUT2D eigenvalue weighted by Crippen LogP contribution is 2.35. The van der Waals surface area contributed by atoms with Gasteiger partial charge in [-0.15, -0.1) is 0 Å². The second-order valence-corrected chi connectivity index (χ2v) is 9.58. The Kier molecular flexibility index (Phi) is 4.75. The van der Waals surface area contributed by atoms with Gasteiger partial charge >= 0.3 is 0 Å². The van der Waals surface area contributed by atoms with Crippen LogP contribution in [0.1, 0.15) is 16.8 Å². The first kappa shape index (κ1) is 19.7. The predicted octanol–water partition coefficient (Wildman–Crippen LogP) is 1.52. The van der Waals surface area contributed by atoms with Gasteiger partial charge in [-0.3, -0.25) is 19.7 Å². The van der Waals surface area contributed by atoms with E-state index in [1.807, 2.05) is 36.5 Å². The summed E-state index contributed by atoms with van der Waals surface area (Å²) in [5.74, 6) is 1.45. The number of nitrogens with zero attached hydrogens (tertiary/aromatic N) is 3. The molecule has 3 aromatic rings. The predicted molar refractivity (Wildman–Crippen MR) is 112 cm³/mol. The Bertz CT molecular complexity index is 1320. The minimum absolute atomic E-state index is 0.234. The number of nitrogens with one attached hydrogen (secondary N) is 1. The van der Waals surface area contributed by atoms with Gasteiger partial charge in [-0.2, -0.15) is 0 Å². The highest BCUT2D eigenvalue weighted by atomic mass is 32.2. The molecule has 2 aromatic heterocycles. The van der Waals surface area contributed by atoms with Crippen LogP contribution in [0, 0.1) is 0 Å². The van der Waals surface area contributed by atoms with E-state index in [0.29, 0.717) is 43.1 Å². The number of sulfone groups is 1. The number of aromatic amines is 1. The monoisotopic (exact) mass is 440 g/mol. The summed E-state index contributed by atoms with van der Waals surface area (Å²) in [7, 11) is -3.55. The second-order valence-electron chi connectivity index (χ2n) is 7.65. The van der Waals surface area contributed by atoms with Crippen LogP contribution in [0.3, 0.4) is 0 Å². The highest BCUT2D eigenvalue weighted by Gasteiger charge is 2.23. The van der Waals surface area contributed by atoms with E-state index >= 15 is 0 Å². The lowest BCUT2D eigenvalue weighted by Crippen LogP contribution is -2.36. The molecule has 4 heterocycles. The van der Waals surface area contributed by atoms with Gasteiger partial charge in [0.05, 0.1) is 17.0 Å². The van der Waals surface area contributed by atoms with Crippen LogP contribution in [0.15, 0.2) is 46.5 Å². The molecule has 0 fully saturated rings. The number of fused-ring (bicyclic) bond motifs is 2. The average Bonchev–Trinajstić information content (AvgIpc) is 3.22. The van der Waals surface area contributed by atoms with Gasteiger partial charge in [0.1, 0.15) is 0 Å². The topological polar surface area (TPSA) is 114 Å². The molecule has 1 N–H and O–H groups in total. The molecule has 10 heteroatoms. The molecule has 5 rings (SSSR count). The molecule has 0 aliphatic carbocycles. The van der Waals surface area contributed by atoms with Crippen molar-refractivity contribution >= 4 is 9.84 Å². The standard InChI is InChI=1S/C21H20N4O5S/c1-31(27,28)21-23-17-6-7-25(11-15(17)20(26)24-21)10-13-2-4-16(22-9-13)14-3-5-18-19(8-14)30-12-29-18/h2-5,8-9H,6-7,10-12H2,1H3,(H,23,24,26). The van der Waals surface area contributed by atoms with Crippen molar-refractivity contribution in [3.8, 4) is 22.8 Å². The number of pyridine rings is 1. The Balaban J connectivity index is 1.31. The van der Waals surface area contributed by atoms with Crippen molar-refractivity contribution in [2.24, 2.45) is 0 Å². The molecule has 0 saturated heterocycles. The molecule has 0 amide bonds. The average molecular weight is 440 g/mol. The van der Waals surface area contributed by atoms with Gasteiger partial charge in [0.25, 0.3) is 5.56 Å². The van der Waals surface area contributed by atoms with Crippen molar-refractivity contribution < 1.29 is 17.9 Å². The van der Waals surface area contributed by atoms with Crippen molar-refractivity contribution in [2.45, 2.75) is 24.7 Å². The molecule has 0 saturated carbocycles. The molecule has 9 nitrogen and oxygen atoms in total. The Morgan fingerprint density at radius 1 is 1.16 bits per heavy atom. The number of ether oxygens (including phenoxy) is 2. The maximum Gasteiger partial charge on any atom is 0.256 e. The lowest BCUT2D eigenvalue weighted by atomic mass is 10.1. The number of benzene rings is 1. The fourth-order valence-electron chi connectivity index (χ4n) is 3.77. The molecular weight excluding hydrogens is 420 g/mol. The molecule has 1 aromatic carbocycles. The summed E-state index contributed by atoms with van der Waals surface area (Å²) in [6.45, 7) is 1.95. The SMILES string of the molecule is CS(=O)(=O)c1nc2c(c(=O)[nH]1)CN(Cc1ccc(-c3ccc4c(c3)OCO4)nc1)CC2. The summed E-state index contributed by atoms with van der Waals surface area (Å²) in [6.07, 6.45) is 3.38. The van der Waals surface area contributed by atoms with Crippen LogP contribution in [0.4, 0.5) is 0 Å². The first-order valence-corrected chi connectivity index (χ1v) is 11.7. The van der Waals surface area contributed by atoms with Gasteiger partial charge in [0.15, 0.2) is 11.5 Å². The molecule has 0 unspecified atom stereocenters. The summed E-state index contributed by atoms with van der Waals surface area (Å²) in [5.41, 5.74) is 3.47. The number of aromatic nitrogens is 3. The molecule has 0 bridgehead atoms. The Morgan fingerprint density at radius 3 is 2.77 bits per heavy atom. The minimum Gasteiger partial charge on any atom is -0.454 e. The fourth-order valence-corrected chi connectivity index (χ4v) is 4.33. The smallest absolute Gasteiger partial charge is 0.256 e. The van der Waals surface area contributed by atoms with Crippen LogP contribution < -0.4 is 15.0 Å². The first-order valence-electron chi connectivity index (χ1n) is 9.76. The van der Waals surface area contributed by atoms with Gasteiger partial charge in [-0.25, -0.2) is 13.4 Å². The van der Waals surface area contributed by atoms with Crippen molar-refractivity contribution in [3.05, 3.63) is 63.7 Å². The van der Waals surface area contributed by atoms with Gasteiger partial charge in [0.2, 0.25) is 21.8 Å². The van der Waals surface area contributed by atoms with Gasteiger partial charge in [0, 0.05) is 44.1 Å². The maximum absolute atomic E-state index is 12.4. The summed E-state index contributed by atoms with van der Waals surface area (Å²) in [4.78, 5) is 25.6. The number of H-pyrrole nitrogens is 1. The van der Waals surface area contributed by atoms with E-state index in [1.54, 1.807) is 0 Å². The lowest BCUT2D eigenvalue weighted by molar-refractivity contribution is 0.174. The van der Waals surface area contributed by atoms with Crippen LogP contribution in [-0.4, -0.2) is 47.9 Å². The second kappa shape index (κ2) is 7.47. The Hall–Kier alpha value is -3.24. The van der Waals surface area contributed by atoms with Crippen molar-refractivity contribution in [2.75, 3.05) is 19.6 Å².